The normalized spacial score (nSPS) is 16.2. The number of para-hydroxylation sites is 1. The minimum absolute atomic E-state index is 0.157. The molecular formula is C20H25N3O3S. The second-order valence-corrected chi connectivity index (χ2v) is 8.57. The summed E-state index contributed by atoms with van der Waals surface area (Å²) in [5.41, 5.74) is 1.99. The highest BCUT2D eigenvalue weighted by atomic mass is 32.2. The van der Waals surface area contributed by atoms with Gasteiger partial charge in [0.15, 0.2) is 0 Å². The van der Waals surface area contributed by atoms with Crippen molar-refractivity contribution < 1.29 is 13.2 Å². The Morgan fingerprint density at radius 3 is 2.41 bits per heavy atom. The van der Waals surface area contributed by atoms with Crippen molar-refractivity contribution in [1.29, 1.82) is 0 Å². The number of hydrogen-bond donors (Lipinski definition) is 1. The summed E-state index contributed by atoms with van der Waals surface area (Å²) in [5, 5.41) is 2.84. The van der Waals surface area contributed by atoms with Crippen molar-refractivity contribution in [2.24, 2.45) is 0 Å². The number of nitrogens with one attached hydrogen (secondary N) is 1. The van der Waals surface area contributed by atoms with E-state index in [1.807, 2.05) is 31.2 Å². The molecule has 2 aromatic carbocycles. The molecule has 1 saturated heterocycles. The molecule has 144 valence electrons. The van der Waals surface area contributed by atoms with E-state index < -0.39 is 10.0 Å². The van der Waals surface area contributed by atoms with E-state index in [-0.39, 0.29) is 10.8 Å². The van der Waals surface area contributed by atoms with Crippen molar-refractivity contribution in [3.8, 4) is 0 Å². The van der Waals surface area contributed by atoms with Gasteiger partial charge in [0.25, 0.3) is 5.91 Å². The van der Waals surface area contributed by atoms with E-state index in [4.69, 9.17) is 0 Å². The number of aryl methyl sites for hydroxylation is 1. The fourth-order valence-corrected chi connectivity index (χ4v) is 4.61. The number of benzene rings is 2. The molecule has 0 aromatic heterocycles. The van der Waals surface area contributed by atoms with Crippen LogP contribution in [-0.4, -0.2) is 56.3 Å². The highest BCUT2D eigenvalue weighted by molar-refractivity contribution is 7.89. The van der Waals surface area contributed by atoms with Crippen molar-refractivity contribution in [3.05, 3.63) is 59.7 Å². The van der Waals surface area contributed by atoms with Gasteiger partial charge in [-0.05, 0) is 43.3 Å². The van der Waals surface area contributed by atoms with Crippen LogP contribution in [0.3, 0.4) is 0 Å². The van der Waals surface area contributed by atoms with Gasteiger partial charge in [-0.25, -0.2) is 8.42 Å². The van der Waals surface area contributed by atoms with Crippen LogP contribution in [0.25, 0.3) is 0 Å². The van der Waals surface area contributed by atoms with Gasteiger partial charge in [-0.3, -0.25) is 4.79 Å². The van der Waals surface area contributed by atoms with E-state index in [1.165, 1.54) is 10.4 Å². The number of carbonyl (C=O) groups is 1. The largest absolute Gasteiger partial charge is 0.322 e. The van der Waals surface area contributed by atoms with Gasteiger partial charge >= 0.3 is 0 Å². The lowest BCUT2D eigenvalue weighted by atomic mass is 10.1. The van der Waals surface area contributed by atoms with Gasteiger partial charge < -0.3 is 10.2 Å². The number of nitrogens with zero attached hydrogens (tertiary/aromatic N) is 2. The SMILES string of the molecule is CCN1CCN(S(=O)(=O)c2cccc(C(=O)Nc3ccccc3C)c2)CC1. The zero-order chi connectivity index (χ0) is 19.4. The fourth-order valence-electron chi connectivity index (χ4n) is 3.14. The van der Waals surface area contributed by atoms with Crippen molar-refractivity contribution in [2.45, 2.75) is 18.7 Å². The smallest absolute Gasteiger partial charge is 0.255 e. The monoisotopic (exact) mass is 387 g/mol. The Kier molecular flexibility index (Phi) is 5.94. The lowest BCUT2D eigenvalue weighted by Gasteiger charge is -2.33. The maximum Gasteiger partial charge on any atom is 0.255 e. The van der Waals surface area contributed by atoms with Crippen molar-refractivity contribution in [1.82, 2.24) is 9.21 Å². The number of carbonyl (C=O) groups excluding carboxylic acids is 1. The second-order valence-electron chi connectivity index (χ2n) is 6.64. The summed E-state index contributed by atoms with van der Waals surface area (Å²) >= 11 is 0. The molecule has 1 aliphatic rings. The Bertz CT molecular complexity index is 920. The second kappa shape index (κ2) is 8.21. The predicted octanol–water partition coefficient (Wildman–Crippen LogP) is 2.57. The molecule has 0 bridgehead atoms. The minimum atomic E-state index is -3.60. The summed E-state index contributed by atoms with van der Waals surface area (Å²) in [6.07, 6.45) is 0. The Balaban J connectivity index is 1.78. The number of hydrogen-bond acceptors (Lipinski definition) is 4. The van der Waals surface area contributed by atoms with Crippen LogP contribution >= 0.6 is 0 Å². The molecule has 3 rings (SSSR count). The van der Waals surface area contributed by atoms with Crippen LogP contribution in [0.15, 0.2) is 53.4 Å². The molecule has 0 spiro atoms. The number of amides is 1. The van der Waals surface area contributed by atoms with Crippen LogP contribution in [0.4, 0.5) is 5.69 Å². The minimum Gasteiger partial charge on any atom is -0.322 e. The topological polar surface area (TPSA) is 69.7 Å². The molecule has 0 atom stereocenters. The van der Waals surface area contributed by atoms with Crippen LogP contribution in [0.5, 0.6) is 0 Å². The third-order valence-corrected chi connectivity index (χ3v) is 6.80. The average molecular weight is 388 g/mol. The zero-order valence-corrected chi connectivity index (χ0v) is 16.5. The van der Waals surface area contributed by atoms with Gasteiger partial charge in [0.2, 0.25) is 10.0 Å². The fraction of sp³-hybridized carbons (Fsp3) is 0.350. The summed E-state index contributed by atoms with van der Waals surface area (Å²) in [5.74, 6) is -0.322. The number of rotatable bonds is 5. The maximum atomic E-state index is 12.9. The Labute approximate surface area is 160 Å². The first-order chi connectivity index (χ1) is 12.9. The third kappa shape index (κ3) is 4.37. The third-order valence-electron chi connectivity index (χ3n) is 4.91. The molecular weight excluding hydrogens is 362 g/mol. The van der Waals surface area contributed by atoms with Crippen LogP contribution in [0.2, 0.25) is 0 Å². The van der Waals surface area contributed by atoms with Crippen molar-refractivity contribution in [2.75, 3.05) is 38.0 Å². The standard InChI is InChI=1S/C20H25N3O3S/c1-3-22-11-13-23(14-12-22)27(25,26)18-9-6-8-17(15-18)20(24)21-19-10-5-4-7-16(19)2/h4-10,15H,3,11-14H2,1-2H3,(H,21,24). The molecule has 0 unspecified atom stereocenters. The number of likely N-dealkylation sites (N-methyl/N-ethyl adjacent to an activating group) is 1. The molecule has 7 heteroatoms. The first-order valence-corrected chi connectivity index (χ1v) is 10.6. The van der Waals surface area contributed by atoms with Gasteiger partial charge in [0.1, 0.15) is 0 Å². The van der Waals surface area contributed by atoms with Gasteiger partial charge in [0.05, 0.1) is 4.90 Å². The molecule has 1 fully saturated rings. The van der Waals surface area contributed by atoms with E-state index in [1.54, 1.807) is 18.2 Å². The van der Waals surface area contributed by atoms with E-state index in [2.05, 4.69) is 17.1 Å². The van der Waals surface area contributed by atoms with Gasteiger partial charge in [-0.2, -0.15) is 4.31 Å². The van der Waals surface area contributed by atoms with Crippen molar-refractivity contribution >= 4 is 21.6 Å². The van der Waals surface area contributed by atoms with Crippen molar-refractivity contribution in [3.63, 3.8) is 0 Å². The summed E-state index contributed by atoms with van der Waals surface area (Å²) in [6.45, 7) is 7.29. The highest BCUT2D eigenvalue weighted by Crippen LogP contribution is 2.20. The zero-order valence-electron chi connectivity index (χ0n) is 15.7. The van der Waals surface area contributed by atoms with Gasteiger partial charge in [0, 0.05) is 37.4 Å². The van der Waals surface area contributed by atoms with E-state index >= 15 is 0 Å². The molecule has 0 aliphatic carbocycles. The van der Waals surface area contributed by atoms with Crippen LogP contribution in [0.1, 0.15) is 22.8 Å². The van der Waals surface area contributed by atoms with E-state index in [9.17, 15) is 13.2 Å². The Hall–Kier alpha value is -2.22. The number of piperazine rings is 1. The summed E-state index contributed by atoms with van der Waals surface area (Å²) < 4.78 is 27.4. The van der Waals surface area contributed by atoms with E-state index in [0.717, 1.165) is 25.2 Å². The summed E-state index contributed by atoms with van der Waals surface area (Å²) in [7, 11) is -3.60. The molecule has 27 heavy (non-hydrogen) atoms. The Morgan fingerprint density at radius 1 is 1.04 bits per heavy atom. The summed E-state index contributed by atoms with van der Waals surface area (Å²) in [4.78, 5) is 15.0. The first-order valence-electron chi connectivity index (χ1n) is 9.11. The van der Waals surface area contributed by atoms with Crippen LogP contribution < -0.4 is 5.32 Å². The Morgan fingerprint density at radius 2 is 1.74 bits per heavy atom. The van der Waals surface area contributed by atoms with Crippen LogP contribution in [-0.2, 0) is 10.0 Å². The average Bonchev–Trinajstić information content (AvgIpc) is 2.70. The number of anilines is 1. The molecule has 0 saturated carbocycles. The lowest BCUT2D eigenvalue weighted by Crippen LogP contribution is -2.48. The van der Waals surface area contributed by atoms with E-state index in [0.29, 0.717) is 24.3 Å². The van der Waals surface area contributed by atoms with Crippen LogP contribution in [0, 0.1) is 6.92 Å². The molecule has 1 amide bonds. The molecule has 1 heterocycles. The number of sulfonamides is 1. The molecule has 6 nitrogen and oxygen atoms in total. The quantitative estimate of drug-likeness (QED) is 0.856. The molecule has 1 N–H and O–H groups in total. The first kappa shape index (κ1) is 19.5. The predicted molar refractivity (Wildman–Crippen MR) is 106 cm³/mol. The molecule has 0 radical (unpaired) electrons. The molecule has 2 aromatic rings. The van der Waals surface area contributed by atoms with Gasteiger partial charge in [-0.1, -0.05) is 31.2 Å². The summed E-state index contributed by atoms with van der Waals surface area (Å²) in [6, 6.07) is 13.7. The molecule has 1 aliphatic heterocycles. The van der Waals surface area contributed by atoms with Gasteiger partial charge in [-0.15, -0.1) is 0 Å². The lowest BCUT2D eigenvalue weighted by molar-refractivity contribution is 0.102. The highest BCUT2D eigenvalue weighted by Gasteiger charge is 2.28. The maximum absolute atomic E-state index is 12.9.